The Kier molecular flexibility index (Phi) is 3.00. The van der Waals surface area contributed by atoms with Gasteiger partial charge in [0, 0.05) is 5.69 Å². The summed E-state index contributed by atoms with van der Waals surface area (Å²) in [6, 6.07) is 17.3. The van der Waals surface area contributed by atoms with Crippen molar-refractivity contribution in [1.82, 2.24) is 9.97 Å². The highest BCUT2D eigenvalue weighted by Gasteiger charge is 2.45. The molecule has 0 spiro atoms. The molecule has 24 heavy (non-hydrogen) atoms. The highest BCUT2D eigenvalue weighted by atomic mass is 16.3. The maximum atomic E-state index is 10.8. The number of H-pyrrole nitrogens is 1. The molecule has 0 unspecified atom stereocenters. The summed E-state index contributed by atoms with van der Waals surface area (Å²) in [6.45, 7) is 3.80. The zero-order valence-electron chi connectivity index (χ0n) is 13.5. The van der Waals surface area contributed by atoms with Crippen molar-refractivity contribution in [2.45, 2.75) is 19.4 Å². The molecule has 3 aromatic rings. The molecular weight excluding hydrogens is 300 g/mol. The van der Waals surface area contributed by atoms with E-state index in [4.69, 9.17) is 5.41 Å². The minimum atomic E-state index is -0.716. The van der Waals surface area contributed by atoms with E-state index in [1.54, 1.807) is 0 Å². The third-order valence-corrected chi connectivity index (χ3v) is 4.48. The van der Waals surface area contributed by atoms with Crippen LogP contribution in [0.15, 0.2) is 60.4 Å². The normalized spacial score (nSPS) is 17.1. The van der Waals surface area contributed by atoms with Crippen molar-refractivity contribution in [3.05, 3.63) is 66.2 Å². The summed E-state index contributed by atoms with van der Waals surface area (Å²) in [5, 5.41) is 19.5. The SMILES string of the molecule is CC1(C)C(O)=C(c2nc3ccccc3[nH]2)C(=N)N1c1ccccc1. The van der Waals surface area contributed by atoms with Crippen LogP contribution in [0.5, 0.6) is 0 Å². The van der Waals surface area contributed by atoms with Crippen LogP contribution in [0.3, 0.4) is 0 Å². The number of hydrogen-bond donors (Lipinski definition) is 3. The van der Waals surface area contributed by atoms with E-state index in [1.165, 1.54) is 0 Å². The number of para-hydroxylation sites is 3. The van der Waals surface area contributed by atoms with Gasteiger partial charge >= 0.3 is 0 Å². The van der Waals surface area contributed by atoms with Gasteiger partial charge in [-0.05, 0) is 38.1 Å². The van der Waals surface area contributed by atoms with Crippen LogP contribution in [-0.4, -0.2) is 26.4 Å². The van der Waals surface area contributed by atoms with Crippen LogP contribution in [0, 0.1) is 5.41 Å². The minimum absolute atomic E-state index is 0.149. The smallest absolute Gasteiger partial charge is 0.145 e. The van der Waals surface area contributed by atoms with Gasteiger partial charge in [-0.15, -0.1) is 0 Å². The molecule has 1 aromatic heterocycles. The summed E-state index contributed by atoms with van der Waals surface area (Å²) in [5.41, 5.74) is 2.30. The summed E-state index contributed by atoms with van der Waals surface area (Å²) in [5.74, 6) is 0.906. The lowest BCUT2D eigenvalue weighted by Crippen LogP contribution is -2.43. The Labute approximate surface area is 139 Å². The molecule has 2 aromatic carbocycles. The zero-order chi connectivity index (χ0) is 16.9. The van der Waals surface area contributed by atoms with E-state index in [1.807, 2.05) is 73.3 Å². The number of hydrogen-bond acceptors (Lipinski definition) is 3. The molecule has 1 aliphatic heterocycles. The number of imidazole rings is 1. The van der Waals surface area contributed by atoms with Gasteiger partial charge in [0.2, 0.25) is 0 Å². The fraction of sp³-hybridized carbons (Fsp3) is 0.158. The number of fused-ring (bicyclic) bond motifs is 1. The molecule has 0 bridgehead atoms. The van der Waals surface area contributed by atoms with Gasteiger partial charge in [0.15, 0.2) is 0 Å². The Morgan fingerprint density at radius 1 is 1.04 bits per heavy atom. The van der Waals surface area contributed by atoms with Gasteiger partial charge in [-0.1, -0.05) is 30.3 Å². The second-order valence-electron chi connectivity index (χ2n) is 6.40. The molecule has 4 rings (SSSR count). The van der Waals surface area contributed by atoms with Crippen LogP contribution in [0.25, 0.3) is 16.6 Å². The predicted molar refractivity (Wildman–Crippen MR) is 96.4 cm³/mol. The molecule has 5 nitrogen and oxygen atoms in total. The van der Waals surface area contributed by atoms with Crippen molar-refractivity contribution in [2.24, 2.45) is 0 Å². The molecule has 0 atom stereocenters. The van der Waals surface area contributed by atoms with Gasteiger partial charge in [0.05, 0.1) is 22.1 Å². The fourth-order valence-electron chi connectivity index (χ4n) is 3.24. The number of anilines is 1. The molecule has 3 N–H and O–H groups in total. The molecule has 0 saturated carbocycles. The van der Waals surface area contributed by atoms with E-state index in [0.717, 1.165) is 16.7 Å². The molecule has 0 fully saturated rings. The van der Waals surface area contributed by atoms with E-state index >= 15 is 0 Å². The average molecular weight is 318 g/mol. The molecule has 5 heteroatoms. The van der Waals surface area contributed by atoms with Crippen LogP contribution < -0.4 is 4.90 Å². The number of nitrogens with zero attached hydrogens (tertiary/aromatic N) is 2. The maximum absolute atomic E-state index is 10.8. The monoisotopic (exact) mass is 318 g/mol. The van der Waals surface area contributed by atoms with E-state index in [-0.39, 0.29) is 11.6 Å². The quantitative estimate of drug-likeness (QED) is 0.665. The van der Waals surface area contributed by atoms with Crippen LogP contribution >= 0.6 is 0 Å². The summed E-state index contributed by atoms with van der Waals surface area (Å²) in [6.07, 6.45) is 0. The first-order chi connectivity index (χ1) is 11.5. The number of aliphatic hydroxyl groups is 1. The Hall–Kier alpha value is -3.08. The highest BCUT2D eigenvalue weighted by Crippen LogP contribution is 2.41. The first-order valence-corrected chi connectivity index (χ1v) is 7.83. The van der Waals surface area contributed by atoms with Gasteiger partial charge < -0.3 is 15.0 Å². The first-order valence-electron chi connectivity index (χ1n) is 7.83. The summed E-state index contributed by atoms with van der Waals surface area (Å²) in [4.78, 5) is 9.58. The lowest BCUT2D eigenvalue weighted by atomic mass is 10.0. The second kappa shape index (κ2) is 4.96. The summed E-state index contributed by atoms with van der Waals surface area (Å²) in [7, 11) is 0. The Morgan fingerprint density at radius 3 is 2.42 bits per heavy atom. The Morgan fingerprint density at radius 2 is 1.71 bits per heavy atom. The number of benzene rings is 2. The van der Waals surface area contributed by atoms with Crippen LogP contribution in [0.1, 0.15) is 19.7 Å². The molecule has 0 saturated heterocycles. The number of aromatic amines is 1. The molecule has 1 aliphatic rings. The number of aliphatic hydroxyl groups excluding tert-OH is 1. The van der Waals surface area contributed by atoms with Crippen molar-refractivity contribution >= 4 is 28.1 Å². The number of amidine groups is 1. The first kappa shape index (κ1) is 14.5. The van der Waals surface area contributed by atoms with Gasteiger partial charge in [0.1, 0.15) is 17.4 Å². The van der Waals surface area contributed by atoms with Gasteiger partial charge in [-0.25, -0.2) is 4.98 Å². The Balaban J connectivity index is 1.86. The number of nitrogens with one attached hydrogen (secondary N) is 2. The number of rotatable bonds is 2. The van der Waals surface area contributed by atoms with Gasteiger partial charge in [0.25, 0.3) is 0 Å². The summed E-state index contributed by atoms with van der Waals surface area (Å²) >= 11 is 0. The number of aromatic nitrogens is 2. The van der Waals surface area contributed by atoms with Crippen molar-refractivity contribution in [3.8, 4) is 0 Å². The molecular formula is C19H18N4O. The molecule has 0 aliphatic carbocycles. The molecule has 0 radical (unpaired) electrons. The minimum Gasteiger partial charge on any atom is -0.509 e. The molecule has 120 valence electrons. The Bertz CT molecular complexity index is 936. The zero-order valence-corrected chi connectivity index (χ0v) is 13.5. The lowest BCUT2D eigenvalue weighted by Gasteiger charge is -2.33. The summed E-state index contributed by atoms with van der Waals surface area (Å²) < 4.78 is 0. The van der Waals surface area contributed by atoms with Crippen LogP contribution in [0.2, 0.25) is 0 Å². The maximum Gasteiger partial charge on any atom is 0.145 e. The third kappa shape index (κ3) is 1.94. The topological polar surface area (TPSA) is 76.0 Å². The fourth-order valence-corrected chi connectivity index (χ4v) is 3.24. The van der Waals surface area contributed by atoms with E-state index in [9.17, 15) is 5.11 Å². The van der Waals surface area contributed by atoms with E-state index in [0.29, 0.717) is 11.4 Å². The van der Waals surface area contributed by atoms with Crippen LogP contribution in [0.4, 0.5) is 5.69 Å². The van der Waals surface area contributed by atoms with Crippen molar-refractivity contribution in [1.29, 1.82) is 5.41 Å². The second-order valence-corrected chi connectivity index (χ2v) is 6.40. The van der Waals surface area contributed by atoms with E-state index < -0.39 is 5.54 Å². The van der Waals surface area contributed by atoms with Gasteiger partial charge in [-0.2, -0.15) is 0 Å². The van der Waals surface area contributed by atoms with Crippen molar-refractivity contribution in [2.75, 3.05) is 4.90 Å². The highest BCUT2D eigenvalue weighted by molar-refractivity contribution is 6.31. The van der Waals surface area contributed by atoms with Crippen LogP contribution in [-0.2, 0) is 0 Å². The lowest BCUT2D eigenvalue weighted by molar-refractivity contribution is 0.334. The average Bonchev–Trinajstić information content (AvgIpc) is 3.05. The predicted octanol–water partition coefficient (Wildman–Crippen LogP) is 4.11. The van der Waals surface area contributed by atoms with Crippen molar-refractivity contribution < 1.29 is 5.11 Å². The van der Waals surface area contributed by atoms with Crippen molar-refractivity contribution in [3.63, 3.8) is 0 Å². The van der Waals surface area contributed by atoms with Gasteiger partial charge in [-0.3, -0.25) is 5.41 Å². The van der Waals surface area contributed by atoms with E-state index in [2.05, 4.69) is 9.97 Å². The standard InChI is InChI=1S/C19H18N4O/c1-19(2)16(24)15(17(20)23(19)12-8-4-3-5-9-12)18-21-13-10-6-7-11-14(13)22-18/h3-11,20,24H,1-2H3,(H,21,22). The molecule has 0 amide bonds. The third-order valence-electron chi connectivity index (χ3n) is 4.48. The largest absolute Gasteiger partial charge is 0.509 e. The molecule has 2 heterocycles.